The molecule has 0 bridgehead atoms. The van der Waals surface area contributed by atoms with Gasteiger partial charge in [-0.05, 0) is 19.1 Å². The van der Waals surface area contributed by atoms with E-state index in [0.29, 0.717) is 27.9 Å². The number of aromatic hydroxyl groups is 4. The zero-order chi connectivity index (χ0) is 15.8. The van der Waals surface area contributed by atoms with Crippen molar-refractivity contribution >= 4 is 0 Å². The van der Waals surface area contributed by atoms with Gasteiger partial charge in [-0.3, -0.25) is 9.13 Å². The van der Waals surface area contributed by atoms with Crippen LogP contribution in [0.1, 0.15) is 5.56 Å². The first-order valence-electron chi connectivity index (χ1n) is 6.78. The van der Waals surface area contributed by atoms with E-state index >= 15 is 0 Å². The molecule has 0 amide bonds. The topological polar surface area (TPSA) is 90.8 Å². The molecule has 0 spiro atoms. The normalized spacial score (nSPS) is 11.9. The molecule has 1 aliphatic carbocycles. The van der Waals surface area contributed by atoms with Gasteiger partial charge in [0.25, 0.3) is 0 Å². The third kappa shape index (κ3) is 1.25. The highest BCUT2D eigenvalue weighted by molar-refractivity contribution is 6.12. The molecule has 4 rings (SSSR count). The fraction of sp³-hybridized carbons (Fsp3) is 0.125. The molecular weight excluding hydrogens is 284 g/mol. The molecule has 22 heavy (non-hydrogen) atoms. The second kappa shape index (κ2) is 3.79. The lowest BCUT2D eigenvalue weighted by molar-refractivity contribution is 0.387. The highest BCUT2D eigenvalue weighted by Crippen LogP contribution is 2.65. The Morgan fingerprint density at radius 2 is 1.09 bits per heavy atom. The summed E-state index contributed by atoms with van der Waals surface area (Å²) < 4.78 is 2.50. The number of hydrogen-bond acceptors (Lipinski definition) is 4. The maximum atomic E-state index is 10.4. The van der Waals surface area contributed by atoms with Gasteiger partial charge in [-0.1, -0.05) is 17.7 Å². The summed E-state index contributed by atoms with van der Waals surface area (Å²) >= 11 is 0. The van der Waals surface area contributed by atoms with Gasteiger partial charge in [0.1, 0.15) is 0 Å². The minimum absolute atomic E-state index is 0.142. The van der Waals surface area contributed by atoms with Crippen molar-refractivity contribution in [3.63, 3.8) is 0 Å². The van der Waals surface area contributed by atoms with E-state index in [1.54, 1.807) is 12.1 Å². The summed E-state index contributed by atoms with van der Waals surface area (Å²) in [6.45, 7) is 1.94. The van der Waals surface area contributed by atoms with E-state index in [-0.39, 0.29) is 23.5 Å². The van der Waals surface area contributed by atoms with Crippen molar-refractivity contribution in [2.45, 2.75) is 6.92 Å². The minimum atomic E-state index is -0.162. The Hall–Kier alpha value is -3.02. The summed E-state index contributed by atoms with van der Waals surface area (Å²) in [6, 6.07) is 7.29. The van der Waals surface area contributed by atoms with Crippen LogP contribution in [0.3, 0.4) is 0 Å². The average Bonchev–Trinajstić information content (AvgIpc) is 2.76. The molecule has 0 radical (unpaired) electrons. The van der Waals surface area contributed by atoms with Crippen molar-refractivity contribution in [1.82, 2.24) is 9.13 Å². The molecule has 0 aliphatic heterocycles. The Bertz CT molecular complexity index is 882. The first-order valence-corrected chi connectivity index (χ1v) is 6.78. The number of aromatic nitrogens is 2. The Labute approximate surface area is 125 Å². The van der Waals surface area contributed by atoms with Gasteiger partial charge in [0, 0.05) is 7.05 Å². The molecule has 0 saturated carbocycles. The van der Waals surface area contributed by atoms with Crippen LogP contribution < -0.4 is 0 Å². The second-order valence-electron chi connectivity index (χ2n) is 5.52. The van der Waals surface area contributed by atoms with Crippen LogP contribution in [-0.2, 0) is 7.05 Å². The lowest BCUT2D eigenvalue weighted by Gasteiger charge is -2.14. The summed E-state index contributed by atoms with van der Waals surface area (Å²) in [5, 5.41) is 41.0. The summed E-state index contributed by atoms with van der Waals surface area (Å²) in [5.41, 5.74) is 3.07. The zero-order valence-electron chi connectivity index (χ0n) is 12.0. The van der Waals surface area contributed by atoms with Crippen LogP contribution >= 0.6 is 0 Å². The Kier molecular flexibility index (Phi) is 2.19. The Morgan fingerprint density at radius 3 is 1.55 bits per heavy atom. The third-order valence-corrected chi connectivity index (χ3v) is 4.25. The molecule has 1 aromatic carbocycles. The monoisotopic (exact) mass is 298 g/mol. The molecule has 2 heterocycles. The molecule has 0 atom stereocenters. The molecule has 1 aliphatic rings. The minimum Gasteiger partial charge on any atom is -0.494 e. The standard InChI is InChI=1S/C16H14N2O4/c1-7-3-5-8(6-4-7)18-15(21)11-9-10(12(11)16(18)22)14(20)17(2)13(9)19/h3-6,19-22H,1-2H3. The first-order chi connectivity index (χ1) is 10.4. The van der Waals surface area contributed by atoms with Gasteiger partial charge < -0.3 is 20.4 Å². The summed E-state index contributed by atoms with van der Waals surface area (Å²) in [4.78, 5) is 0. The van der Waals surface area contributed by atoms with Gasteiger partial charge in [-0.25, -0.2) is 0 Å². The second-order valence-corrected chi connectivity index (χ2v) is 5.52. The van der Waals surface area contributed by atoms with Crippen molar-refractivity contribution < 1.29 is 20.4 Å². The Morgan fingerprint density at radius 1 is 0.682 bits per heavy atom. The van der Waals surface area contributed by atoms with Crippen LogP contribution in [0, 0.1) is 6.92 Å². The quantitative estimate of drug-likeness (QED) is 0.435. The van der Waals surface area contributed by atoms with Gasteiger partial charge in [0.05, 0.1) is 27.9 Å². The number of aryl methyl sites for hydroxylation is 1. The van der Waals surface area contributed by atoms with E-state index in [1.165, 1.54) is 16.2 Å². The van der Waals surface area contributed by atoms with Crippen molar-refractivity contribution in [2.75, 3.05) is 0 Å². The molecule has 0 saturated heterocycles. The SMILES string of the molecule is Cc1ccc(-n2c(O)c3c(c2O)-c2c-3c(O)n(C)c2O)cc1. The molecule has 4 N–H and O–H groups in total. The maximum Gasteiger partial charge on any atom is 0.207 e. The summed E-state index contributed by atoms with van der Waals surface area (Å²) in [6.07, 6.45) is 0. The molecule has 3 aromatic rings. The lowest BCUT2D eigenvalue weighted by Crippen LogP contribution is -1.92. The van der Waals surface area contributed by atoms with Crippen LogP contribution in [0.15, 0.2) is 24.3 Å². The maximum absolute atomic E-state index is 10.4. The predicted molar refractivity (Wildman–Crippen MR) is 80.6 cm³/mol. The number of fused-ring (bicyclic) bond motifs is 4. The summed E-state index contributed by atoms with van der Waals surface area (Å²) in [5.74, 6) is -0.609. The van der Waals surface area contributed by atoms with E-state index in [4.69, 9.17) is 0 Å². The van der Waals surface area contributed by atoms with E-state index in [1.807, 2.05) is 19.1 Å². The smallest absolute Gasteiger partial charge is 0.207 e. The molecule has 6 nitrogen and oxygen atoms in total. The third-order valence-electron chi connectivity index (χ3n) is 4.25. The average molecular weight is 298 g/mol. The highest BCUT2D eigenvalue weighted by atomic mass is 16.3. The van der Waals surface area contributed by atoms with Gasteiger partial charge in [0.15, 0.2) is 0 Å². The van der Waals surface area contributed by atoms with Crippen LogP contribution in [-0.4, -0.2) is 29.6 Å². The van der Waals surface area contributed by atoms with E-state index in [9.17, 15) is 20.4 Å². The van der Waals surface area contributed by atoms with Crippen LogP contribution in [0.5, 0.6) is 23.5 Å². The number of rotatable bonds is 1. The molecule has 112 valence electrons. The van der Waals surface area contributed by atoms with Crippen molar-refractivity contribution in [1.29, 1.82) is 0 Å². The van der Waals surface area contributed by atoms with E-state index in [0.717, 1.165) is 5.56 Å². The molecule has 0 fully saturated rings. The first kappa shape index (κ1) is 12.7. The predicted octanol–water partition coefficient (Wildman–Crippen LogP) is 2.59. The molecule has 0 unspecified atom stereocenters. The zero-order valence-corrected chi connectivity index (χ0v) is 12.0. The van der Waals surface area contributed by atoms with Crippen molar-refractivity contribution in [3.05, 3.63) is 29.8 Å². The van der Waals surface area contributed by atoms with Crippen molar-refractivity contribution in [2.24, 2.45) is 7.05 Å². The van der Waals surface area contributed by atoms with Crippen LogP contribution in [0.2, 0.25) is 0 Å². The highest BCUT2D eigenvalue weighted by Gasteiger charge is 2.42. The number of benzene rings is 1. The molecule has 6 heteroatoms. The largest absolute Gasteiger partial charge is 0.494 e. The molecular formula is C16H14N2O4. The lowest BCUT2D eigenvalue weighted by atomic mass is 9.86. The van der Waals surface area contributed by atoms with E-state index < -0.39 is 0 Å². The Balaban J connectivity index is 1.99. The number of hydrogen-bond donors (Lipinski definition) is 4. The van der Waals surface area contributed by atoms with Crippen LogP contribution in [0.4, 0.5) is 0 Å². The van der Waals surface area contributed by atoms with Crippen molar-refractivity contribution in [3.8, 4) is 51.5 Å². The van der Waals surface area contributed by atoms with Gasteiger partial charge in [-0.15, -0.1) is 0 Å². The fourth-order valence-electron chi connectivity index (χ4n) is 3.03. The number of nitrogens with zero attached hydrogens (tertiary/aromatic N) is 2. The molecule has 2 aromatic heterocycles. The van der Waals surface area contributed by atoms with Gasteiger partial charge in [-0.2, -0.15) is 0 Å². The summed E-state index contributed by atoms with van der Waals surface area (Å²) in [7, 11) is 1.51. The van der Waals surface area contributed by atoms with Gasteiger partial charge in [0.2, 0.25) is 23.5 Å². The fourth-order valence-corrected chi connectivity index (χ4v) is 3.03. The van der Waals surface area contributed by atoms with E-state index in [2.05, 4.69) is 0 Å². The van der Waals surface area contributed by atoms with Gasteiger partial charge >= 0.3 is 0 Å². The van der Waals surface area contributed by atoms with Crippen LogP contribution in [0.25, 0.3) is 27.9 Å².